The zero-order valence-electron chi connectivity index (χ0n) is 10.4. The Bertz CT molecular complexity index is 113. The zero-order valence-corrected chi connectivity index (χ0v) is 11.4. The number of rotatable bonds is 9. The molecule has 0 heterocycles. The van der Waals surface area contributed by atoms with Crippen molar-refractivity contribution >= 4 is 8.07 Å². The van der Waals surface area contributed by atoms with Crippen LogP contribution in [0, 0.1) is 0 Å². The summed E-state index contributed by atoms with van der Waals surface area (Å²) >= 11 is 0. The molecule has 0 amide bonds. The summed E-state index contributed by atoms with van der Waals surface area (Å²) in [6, 6.07) is 6.01. The van der Waals surface area contributed by atoms with Crippen LogP contribution in [-0.4, -0.2) is 14.6 Å². The van der Waals surface area contributed by atoms with E-state index in [4.69, 9.17) is 5.73 Å². The molecule has 1 nitrogen and oxygen atoms in total. The molecule has 0 aliphatic heterocycles. The topological polar surface area (TPSA) is 26.0 Å². The van der Waals surface area contributed by atoms with Gasteiger partial charge in [0.1, 0.15) is 0 Å². The Morgan fingerprint density at radius 3 is 1.71 bits per heavy atom. The summed E-state index contributed by atoms with van der Waals surface area (Å²) in [6.07, 6.45) is 5.44. The van der Waals surface area contributed by atoms with Gasteiger partial charge in [0.25, 0.3) is 0 Å². The second kappa shape index (κ2) is 8.48. The fourth-order valence-electron chi connectivity index (χ4n) is 2.28. The van der Waals surface area contributed by atoms with Crippen LogP contribution in [0.2, 0.25) is 24.2 Å². The fraction of sp³-hybridized carbons (Fsp3) is 1.00. The van der Waals surface area contributed by atoms with Gasteiger partial charge in [-0.1, -0.05) is 64.2 Å². The molecule has 0 unspecified atom stereocenters. The van der Waals surface area contributed by atoms with Gasteiger partial charge in [-0.05, 0) is 13.0 Å². The van der Waals surface area contributed by atoms with Crippen LogP contribution < -0.4 is 5.73 Å². The molecule has 0 aromatic rings. The molecule has 0 rings (SSSR count). The predicted octanol–water partition coefficient (Wildman–Crippen LogP) is 4.01. The molecule has 0 radical (unpaired) electrons. The molecule has 0 saturated carbocycles. The first kappa shape index (κ1) is 14.2. The number of hydrogen-bond donors (Lipinski definition) is 1. The van der Waals surface area contributed by atoms with Crippen LogP contribution in [0.1, 0.15) is 46.5 Å². The molecule has 0 bridgehead atoms. The highest BCUT2D eigenvalue weighted by atomic mass is 28.3. The van der Waals surface area contributed by atoms with Crippen molar-refractivity contribution < 1.29 is 0 Å². The Morgan fingerprint density at radius 2 is 1.29 bits per heavy atom. The molecule has 0 atom stereocenters. The summed E-state index contributed by atoms with van der Waals surface area (Å²) in [6.45, 7) is 8.08. The van der Waals surface area contributed by atoms with E-state index < -0.39 is 8.07 Å². The summed E-state index contributed by atoms with van der Waals surface area (Å²) in [5.74, 6) is 0. The molecule has 0 fully saturated rings. The van der Waals surface area contributed by atoms with Crippen molar-refractivity contribution in [2.75, 3.05) is 6.54 Å². The molecule has 0 aromatic carbocycles. The van der Waals surface area contributed by atoms with Crippen LogP contribution in [0.4, 0.5) is 0 Å². The maximum atomic E-state index is 5.48. The average molecular weight is 215 g/mol. The standard InChI is InChI=1S/C12H29NSi/c1-4-14(5-2,6-3)12-10-8-7-9-11-13/h4-13H2,1-3H3. The lowest BCUT2D eigenvalue weighted by Gasteiger charge is -2.27. The van der Waals surface area contributed by atoms with Gasteiger partial charge in [-0.2, -0.15) is 0 Å². The summed E-state index contributed by atoms with van der Waals surface area (Å²) in [5.41, 5.74) is 5.48. The summed E-state index contributed by atoms with van der Waals surface area (Å²) in [7, 11) is -0.809. The third kappa shape index (κ3) is 5.16. The van der Waals surface area contributed by atoms with E-state index in [9.17, 15) is 0 Å². The van der Waals surface area contributed by atoms with Gasteiger partial charge in [0.05, 0.1) is 8.07 Å². The van der Waals surface area contributed by atoms with Crippen LogP contribution in [0.5, 0.6) is 0 Å². The van der Waals surface area contributed by atoms with E-state index >= 15 is 0 Å². The quantitative estimate of drug-likeness (QED) is 0.456. The van der Waals surface area contributed by atoms with Gasteiger partial charge in [0.15, 0.2) is 0 Å². The molecular formula is C12H29NSi. The van der Waals surface area contributed by atoms with E-state index in [1.165, 1.54) is 43.8 Å². The SMILES string of the molecule is CC[Si](CC)(CC)CCCCCCN. The van der Waals surface area contributed by atoms with Crippen molar-refractivity contribution in [1.29, 1.82) is 0 Å². The lowest BCUT2D eigenvalue weighted by Crippen LogP contribution is -2.30. The molecule has 0 aliphatic rings. The van der Waals surface area contributed by atoms with Crippen LogP contribution in [0.15, 0.2) is 0 Å². The molecular weight excluding hydrogens is 186 g/mol. The van der Waals surface area contributed by atoms with Gasteiger partial charge >= 0.3 is 0 Å². The zero-order chi connectivity index (χ0) is 10.9. The molecule has 0 spiro atoms. The second-order valence-electron chi connectivity index (χ2n) is 4.51. The van der Waals surface area contributed by atoms with Gasteiger partial charge in [-0.25, -0.2) is 0 Å². The first-order valence-corrected chi connectivity index (χ1v) is 9.27. The molecule has 2 N–H and O–H groups in total. The van der Waals surface area contributed by atoms with Crippen molar-refractivity contribution in [1.82, 2.24) is 0 Å². The molecule has 0 saturated heterocycles. The normalized spacial score (nSPS) is 12.0. The number of unbranched alkanes of at least 4 members (excludes halogenated alkanes) is 3. The first-order valence-electron chi connectivity index (χ1n) is 6.44. The third-order valence-electron chi connectivity index (χ3n) is 3.91. The van der Waals surface area contributed by atoms with Crippen LogP contribution in [0.3, 0.4) is 0 Å². The van der Waals surface area contributed by atoms with Crippen molar-refractivity contribution in [3.05, 3.63) is 0 Å². The van der Waals surface area contributed by atoms with Gasteiger partial charge in [0, 0.05) is 0 Å². The highest BCUT2D eigenvalue weighted by Crippen LogP contribution is 2.27. The largest absolute Gasteiger partial charge is 0.330 e. The fourth-order valence-corrected chi connectivity index (χ4v) is 5.84. The minimum Gasteiger partial charge on any atom is -0.330 e. The minimum absolute atomic E-state index is 0.809. The Morgan fingerprint density at radius 1 is 0.786 bits per heavy atom. The van der Waals surface area contributed by atoms with E-state index in [1.807, 2.05) is 0 Å². The molecule has 14 heavy (non-hydrogen) atoms. The van der Waals surface area contributed by atoms with E-state index in [1.54, 1.807) is 6.04 Å². The molecule has 2 heteroatoms. The van der Waals surface area contributed by atoms with Crippen LogP contribution in [0.25, 0.3) is 0 Å². The van der Waals surface area contributed by atoms with Gasteiger partial charge < -0.3 is 5.73 Å². The van der Waals surface area contributed by atoms with E-state index in [0.29, 0.717) is 0 Å². The van der Waals surface area contributed by atoms with E-state index in [2.05, 4.69) is 20.8 Å². The molecule has 0 aromatic heterocycles. The summed E-state index contributed by atoms with van der Waals surface area (Å²) in [4.78, 5) is 0. The summed E-state index contributed by atoms with van der Waals surface area (Å²) in [5, 5.41) is 0. The van der Waals surface area contributed by atoms with Gasteiger partial charge in [-0.15, -0.1) is 0 Å². The predicted molar refractivity (Wildman–Crippen MR) is 69.5 cm³/mol. The Labute approximate surface area is 91.5 Å². The first-order chi connectivity index (χ1) is 6.74. The third-order valence-corrected chi connectivity index (χ3v) is 9.83. The molecule has 0 aliphatic carbocycles. The highest BCUT2D eigenvalue weighted by molar-refractivity contribution is 6.79. The summed E-state index contributed by atoms with van der Waals surface area (Å²) < 4.78 is 0. The molecule has 86 valence electrons. The number of hydrogen-bond acceptors (Lipinski definition) is 1. The van der Waals surface area contributed by atoms with Crippen molar-refractivity contribution in [3.63, 3.8) is 0 Å². The van der Waals surface area contributed by atoms with Crippen LogP contribution >= 0.6 is 0 Å². The van der Waals surface area contributed by atoms with Crippen molar-refractivity contribution in [3.8, 4) is 0 Å². The maximum Gasteiger partial charge on any atom is 0.0527 e. The Kier molecular flexibility index (Phi) is 8.59. The lowest BCUT2D eigenvalue weighted by atomic mass is 10.2. The second-order valence-corrected chi connectivity index (χ2v) is 10.1. The van der Waals surface area contributed by atoms with Gasteiger partial charge in [-0.3, -0.25) is 0 Å². The minimum atomic E-state index is -0.809. The van der Waals surface area contributed by atoms with E-state index in [-0.39, 0.29) is 0 Å². The average Bonchev–Trinajstić information content (AvgIpc) is 2.24. The number of nitrogens with two attached hydrogens (primary N) is 1. The highest BCUT2D eigenvalue weighted by Gasteiger charge is 2.25. The van der Waals surface area contributed by atoms with E-state index in [0.717, 1.165) is 6.54 Å². The van der Waals surface area contributed by atoms with Crippen LogP contribution in [-0.2, 0) is 0 Å². The van der Waals surface area contributed by atoms with Crippen molar-refractivity contribution in [2.45, 2.75) is 70.6 Å². The Hall–Kier alpha value is 0.177. The lowest BCUT2D eigenvalue weighted by molar-refractivity contribution is 0.668. The van der Waals surface area contributed by atoms with Gasteiger partial charge in [0.2, 0.25) is 0 Å². The smallest absolute Gasteiger partial charge is 0.0527 e. The maximum absolute atomic E-state index is 5.48. The monoisotopic (exact) mass is 215 g/mol. The Balaban J connectivity index is 3.61. The van der Waals surface area contributed by atoms with Crippen molar-refractivity contribution in [2.24, 2.45) is 5.73 Å².